The molecule has 1 atom stereocenters. The van der Waals surface area contributed by atoms with E-state index in [1.165, 1.54) is 49.6 Å². The Labute approximate surface area is 199 Å². The Morgan fingerprint density at radius 2 is 1.82 bits per heavy atom. The molecule has 5 aliphatic rings. The van der Waals surface area contributed by atoms with Gasteiger partial charge in [-0.25, -0.2) is 0 Å². The third-order valence-corrected chi connectivity index (χ3v) is 7.43. The van der Waals surface area contributed by atoms with Crippen LogP contribution in [-0.4, -0.2) is 12.5 Å². The molecule has 33 heavy (non-hydrogen) atoms. The van der Waals surface area contributed by atoms with Gasteiger partial charge in [0.1, 0.15) is 12.4 Å². The smallest absolute Gasteiger partial charge is 0.127 e. The van der Waals surface area contributed by atoms with Crippen LogP contribution in [-0.2, 0) is 6.42 Å². The summed E-state index contributed by atoms with van der Waals surface area (Å²) in [5, 5.41) is 5.44. The second-order valence-electron chi connectivity index (χ2n) is 9.15. The highest BCUT2D eigenvalue weighted by Crippen LogP contribution is 2.34. The summed E-state index contributed by atoms with van der Waals surface area (Å²) in [5.74, 6) is 2.41. The summed E-state index contributed by atoms with van der Waals surface area (Å²) in [6.45, 7) is 0.722. The summed E-state index contributed by atoms with van der Waals surface area (Å²) in [6, 6.07) is 8.77. The van der Waals surface area contributed by atoms with Crippen LogP contribution in [0.15, 0.2) is 60.2 Å². The van der Waals surface area contributed by atoms with Crippen molar-refractivity contribution in [3.05, 3.63) is 97.8 Å². The molecule has 4 aliphatic carbocycles. The lowest BCUT2D eigenvalue weighted by Gasteiger charge is -2.25. The summed E-state index contributed by atoms with van der Waals surface area (Å²) < 4.78 is 5.42. The van der Waals surface area contributed by atoms with Gasteiger partial charge in [-0.05, 0) is 81.7 Å². The minimum atomic E-state index is 0.628. The van der Waals surface area contributed by atoms with E-state index in [1.807, 2.05) is 6.07 Å². The third kappa shape index (κ3) is 3.75. The van der Waals surface area contributed by atoms with Crippen molar-refractivity contribution < 1.29 is 4.74 Å². The van der Waals surface area contributed by atoms with Gasteiger partial charge < -0.3 is 4.74 Å². The van der Waals surface area contributed by atoms with Crippen LogP contribution < -0.4 is 25.6 Å². The number of halogens is 1. The van der Waals surface area contributed by atoms with Gasteiger partial charge in [-0.3, -0.25) is 0 Å². The van der Waals surface area contributed by atoms with Gasteiger partial charge in [-0.2, -0.15) is 0 Å². The summed E-state index contributed by atoms with van der Waals surface area (Å²) >= 11 is 5.90. The normalized spacial score (nSPS) is 19.8. The molecule has 0 spiro atoms. The predicted octanol–water partition coefficient (Wildman–Crippen LogP) is 4.39. The van der Waals surface area contributed by atoms with Crippen molar-refractivity contribution in [3.63, 3.8) is 0 Å². The van der Waals surface area contributed by atoms with E-state index in [0.29, 0.717) is 5.92 Å². The van der Waals surface area contributed by atoms with Crippen molar-refractivity contribution in [2.75, 3.05) is 12.5 Å². The molecule has 1 nitrogen and oxygen atoms in total. The second kappa shape index (κ2) is 8.72. The highest BCUT2D eigenvalue weighted by Gasteiger charge is 2.20. The molecule has 0 bridgehead atoms. The maximum absolute atomic E-state index is 5.90. The molecule has 2 aromatic carbocycles. The van der Waals surface area contributed by atoms with Crippen molar-refractivity contribution in [3.8, 4) is 5.75 Å². The largest absolute Gasteiger partial charge is 0.489 e. The van der Waals surface area contributed by atoms with Gasteiger partial charge in [-0.15, -0.1) is 11.6 Å². The standard InChI is InChI=1S/C20H19Cl.C11H8O/c21-12-11-14-5-8-18-16(13-14)7-10-19-17-4-2-1-3-15(17)6-9-20(18)19;1-2-8-4-5-11-10(6-7-12-11)9(8)3-1/h1-2,4-6,8-10,14H,3,7,11-13H2;1-6H,7H2/t14-;/m1./s1. The number of fused-ring (bicyclic) bond motifs is 7. The van der Waals surface area contributed by atoms with Crippen molar-refractivity contribution in [2.24, 2.45) is 5.92 Å². The minimum Gasteiger partial charge on any atom is -0.489 e. The molecule has 2 aromatic rings. The fraction of sp³-hybridized carbons (Fsp3) is 0.226. The van der Waals surface area contributed by atoms with Crippen molar-refractivity contribution in [1.82, 2.24) is 0 Å². The van der Waals surface area contributed by atoms with E-state index >= 15 is 0 Å². The second-order valence-corrected chi connectivity index (χ2v) is 9.52. The van der Waals surface area contributed by atoms with E-state index in [9.17, 15) is 0 Å². The molecule has 0 fully saturated rings. The summed E-state index contributed by atoms with van der Waals surface area (Å²) in [5.41, 5.74) is 7.23. The fourth-order valence-corrected chi connectivity index (χ4v) is 5.80. The number of rotatable bonds is 2. The zero-order valence-electron chi connectivity index (χ0n) is 18.7. The molecule has 0 saturated heterocycles. The van der Waals surface area contributed by atoms with E-state index in [2.05, 4.69) is 79.0 Å². The maximum Gasteiger partial charge on any atom is 0.127 e. The predicted molar refractivity (Wildman–Crippen MR) is 141 cm³/mol. The van der Waals surface area contributed by atoms with Crippen molar-refractivity contribution in [1.29, 1.82) is 0 Å². The first-order valence-electron chi connectivity index (χ1n) is 11.9. The van der Waals surface area contributed by atoms with Gasteiger partial charge in [0.25, 0.3) is 0 Å². The van der Waals surface area contributed by atoms with E-state index in [0.717, 1.165) is 37.5 Å². The molecule has 0 N–H and O–H groups in total. The number of ether oxygens (including phenoxy) is 1. The Morgan fingerprint density at radius 3 is 2.76 bits per heavy atom. The van der Waals surface area contributed by atoms with Gasteiger partial charge in [-0.1, -0.05) is 78.5 Å². The Kier molecular flexibility index (Phi) is 5.44. The van der Waals surface area contributed by atoms with Gasteiger partial charge in [0.2, 0.25) is 0 Å². The zero-order chi connectivity index (χ0) is 22.2. The molecule has 0 aromatic heterocycles. The highest BCUT2D eigenvalue weighted by atomic mass is 35.5. The Hall–Kier alpha value is -3.03. The number of allylic oxidation sites excluding steroid dienone is 7. The van der Waals surface area contributed by atoms with E-state index in [1.54, 1.807) is 5.57 Å². The third-order valence-electron chi connectivity index (χ3n) is 7.21. The van der Waals surface area contributed by atoms with E-state index in [4.69, 9.17) is 16.3 Å². The first kappa shape index (κ1) is 20.6. The molecule has 2 heteroatoms. The Bertz CT molecular complexity index is 1500. The topological polar surface area (TPSA) is 9.23 Å². The summed E-state index contributed by atoms with van der Waals surface area (Å²) in [7, 11) is 0. The maximum atomic E-state index is 5.90. The number of benzene rings is 2. The van der Waals surface area contributed by atoms with Gasteiger partial charge in [0.05, 0.1) is 0 Å². The lowest BCUT2D eigenvalue weighted by molar-refractivity contribution is 0.385. The van der Waals surface area contributed by atoms with Crippen molar-refractivity contribution >= 4 is 47.6 Å². The molecule has 0 saturated carbocycles. The first-order chi connectivity index (χ1) is 16.3. The SMILES string of the molecule is C1=Cc2ccc3c(c2=C1)=CCO3.ClCC[C@H]1C=CC2=C(CC=c3c2ccc2c3=CC=CC2)C1. The molecule has 164 valence electrons. The van der Waals surface area contributed by atoms with Crippen LogP contribution in [0.1, 0.15) is 36.0 Å². The van der Waals surface area contributed by atoms with Crippen LogP contribution in [0.3, 0.4) is 0 Å². The van der Waals surface area contributed by atoms with Gasteiger partial charge in [0.15, 0.2) is 0 Å². The lowest BCUT2D eigenvalue weighted by Crippen LogP contribution is -2.34. The quantitative estimate of drug-likeness (QED) is 0.616. The molecule has 1 aliphatic heterocycles. The highest BCUT2D eigenvalue weighted by molar-refractivity contribution is 6.17. The fourth-order valence-electron chi connectivity index (χ4n) is 5.52. The monoisotopic (exact) mass is 450 g/mol. The first-order valence-corrected chi connectivity index (χ1v) is 12.4. The van der Waals surface area contributed by atoms with Crippen LogP contribution >= 0.6 is 11.6 Å². The van der Waals surface area contributed by atoms with Gasteiger partial charge in [0, 0.05) is 11.1 Å². The number of hydrogen-bond donors (Lipinski definition) is 0. The molecule has 0 amide bonds. The van der Waals surface area contributed by atoms with Crippen LogP contribution in [0.4, 0.5) is 0 Å². The average molecular weight is 451 g/mol. The minimum absolute atomic E-state index is 0.628. The van der Waals surface area contributed by atoms with Gasteiger partial charge >= 0.3 is 0 Å². The molecule has 7 rings (SSSR count). The van der Waals surface area contributed by atoms with Crippen LogP contribution in [0, 0.1) is 5.92 Å². The molecule has 0 radical (unpaired) electrons. The lowest BCUT2D eigenvalue weighted by atomic mass is 9.80. The number of hydrogen-bond acceptors (Lipinski definition) is 1. The molecular formula is C31H27ClO. The summed E-state index contributed by atoms with van der Waals surface area (Å²) in [6.07, 6.45) is 26.7. The Morgan fingerprint density at radius 1 is 0.879 bits per heavy atom. The van der Waals surface area contributed by atoms with Crippen LogP contribution in [0.2, 0.25) is 0 Å². The van der Waals surface area contributed by atoms with E-state index in [-0.39, 0.29) is 0 Å². The van der Waals surface area contributed by atoms with Crippen molar-refractivity contribution in [2.45, 2.75) is 25.7 Å². The Balaban J connectivity index is 0.000000145. The molecule has 1 heterocycles. The van der Waals surface area contributed by atoms with E-state index < -0.39 is 0 Å². The molecule has 0 unspecified atom stereocenters. The summed E-state index contributed by atoms with van der Waals surface area (Å²) in [4.78, 5) is 0. The van der Waals surface area contributed by atoms with Crippen LogP contribution in [0.5, 0.6) is 5.75 Å². The van der Waals surface area contributed by atoms with Crippen LogP contribution in [0.25, 0.3) is 36.0 Å². The molecular weight excluding hydrogens is 424 g/mol. The zero-order valence-corrected chi connectivity index (χ0v) is 19.4. The average Bonchev–Trinajstić information content (AvgIpc) is 3.53. The number of alkyl halides is 1.